The maximum absolute atomic E-state index is 7.79. The van der Waals surface area contributed by atoms with Crippen LogP contribution in [0.4, 0.5) is 0 Å². The van der Waals surface area contributed by atoms with Crippen LogP contribution in [-0.2, 0) is 17.6 Å². The largest absolute Gasteiger partial charge is 0.365 e. The molecule has 6 rings (SSSR count). The van der Waals surface area contributed by atoms with Crippen LogP contribution in [0.15, 0.2) is 73.3 Å². The minimum Gasteiger partial charge on any atom is -0.365 e. The highest BCUT2D eigenvalue weighted by Gasteiger charge is 2.36. The fourth-order valence-electron chi connectivity index (χ4n) is 11.1. The fourth-order valence-corrected chi connectivity index (χ4v) is 11.1. The van der Waals surface area contributed by atoms with Crippen LogP contribution in [0, 0.1) is 23.7 Å². The van der Waals surface area contributed by atoms with Crippen molar-refractivity contribution >= 4 is 0 Å². The van der Waals surface area contributed by atoms with Crippen LogP contribution < -0.4 is 0 Å². The van der Waals surface area contributed by atoms with E-state index in [0.717, 1.165) is 47.5 Å². The summed E-state index contributed by atoms with van der Waals surface area (Å²) in [7, 11) is 0. The van der Waals surface area contributed by atoms with Gasteiger partial charge in [-0.1, -0.05) is 217 Å². The summed E-state index contributed by atoms with van der Waals surface area (Å²) in [6, 6.07) is 18.4. The first-order valence-corrected chi connectivity index (χ1v) is 27.6. The van der Waals surface area contributed by atoms with Crippen molar-refractivity contribution in [3.8, 4) is 22.8 Å². The van der Waals surface area contributed by atoms with Gasteiger partial charge in [0.1, 0.15) is 0 Å². The van der Waals surface area contributed by atoms with Gasteiger partial charge in [0.05, 0.1) is 12.2 Å². The maximum atomic E-state index is 7.79. The van der Waals surface area contributed by atoms with Crippen molar-refractivity contribution in [1.29, 1.82) is 0 Å². The molecule has 0 saturated heterocycles. The van der Waals surface area contributed by atoms with Crippen molar-refractivity contribution in [3.63, 3.8) is 0 Å². The molecule has 2 aromatic carbocycles. The first kappa shape index (κ1) is 51.0. The molecule has 5 nitrogen and oxygen atoms in total. The van der Waals surface area contributed by atoms with Crippen molar-refractivity contribution in [1.82, 2.24) is 19.9 Å². The molecule has 2 fully saturated rings. The number of aryl methyl sites for hydroxylation is 2. The lowest BCUT2D eigenvalue weighted by Crippen LogP contribution is -2.28. The van der Waals surface area contributed by atoms with Gasteiger partial charge in [-0.25, -0.2) is 19.9 Å². The lowest BCUT2D eigenvalue weighted by molar-refractivity contribution is -0.0907. The Morgan fingerprint density at radius 1 is 0.400 bits per heavy atom. The predicted molar refractivity (Wildman–Crippen MR) is 275 cm³/mol. The Labute approximate surface area is 397 Å². The molecule has 0 aliphatic heterocycles. The van der Waals surface area contributed by atoms with Gasteiger partial charge in [0.15, 0.2) is 11.6 Å². The third-order valence-corrected chi connectivity index (χ3v) is 15.4. The number of ether oxygens (including phenoxy) is 1. The van der Waals surface area contributed by atoms with Crippen molar-refractivity contribution in [2.24, 2.45) is 23.7 Å². The number of aromatic nitrogens is 4. The third kappa shape index (κ3) is 17.0. The number of benzene rings is 2. The average Bonchev–Trinajstić information content (AvgIpc) is 3.36. The number of nitrogens with zero attached hydrogens (tertiary/aromatic N) is 4. The van der Waals surface area contributed by atoms with Crippen molar-refractivity contribution in [2.75, 3.05) is 0 Å². The van der Waals surface area contributed by atoms with E-state index in [4.69, 9.17) is 24.7 Å². The van der Waals surface area contributed by atoms with Crippen LogP contribution in [0.25, 0.3) is 22.8 Å². The van der Waals surface area contributed by atoms with E-state index in [-0.39, 0.29) is 12.2 Å². The van der Waals surface area contributed by atoms with Gasteiger partial charge < -0.3 is 4.74 Å². The average molecular weight is 883 g/mol. The molecule has 2 saturated carbocycles. The van der Waals surface area contributed by atoms with Crippen molar-refractivity contribution < 1.29 is 4.74 Å². The molecular weight excluding hydrogens is 793 g/mol. The first-order chi connectivity index (χ1) is 32.1. The van der Waals surface area contributed by atoms with Crippen LogP contribution in [-0.4, -0.2) is 19.9 Å². The molecule has 5 heteroatoms. The van der Waals surface area contributed by atoms with E-state index in [1.165, 1.54) is 202 Å². The Morgan fingerprint density at radius 3 is 1.06 bits per heavy atom. The van der Waals surface area contributed by atoms with E-state index in [2.05, 4.69) is 76.2 Å². The molecule has 0 amide bonds. The summed E-state index contributed by atoms with van der Waals surface area (Å²) >= 11 is 0. The van der Waals surface area contributed by atoms with Crippen molar-refractivity contribution in [3.05, 3.63) is 95.6 Å². The smallest absolute Gasteiger partial charge is 0.159 e. The Kier molecular flexibility index (Phi) is 23.0. The molecule has 2 aliphatic carbocycles. The molecule has 2 unspecified atom stereocenters. The molecule has 2 heterocycles. The summed E-state index contributed by atoms with van der Waals surface area (Å²) in [5, 5.41) is 0. The zero-order valence-corrected chi connectivity index (χ0v) is 41.8. The van der Waals surface area contributed by atoms with Crippen LogP contribution in [0.3, 0.4) is 0 Å². The normalized spacial score (nSPS) is 19.9. The molecule has 356 valence electrons. The highest BCUT2D eigenvalue weighted by Crippen LogP contribution is 2.47. The molecule has 0 N–H and O–H groups in total. The summed E-state index contributed by atoms with van der Waals surface area (Å²) in [6.07, 6.45) is 47.4. The van der Waals surface area contributed by atoms with E-state index in [1.54, 1.807) is 0 Å². The quantitative estimate of drug-likeness (QED) is 0.0488. The topological polar surface area (TPSA) is 60.8 Å². The van der Waals surface area contributed by atoms with Gasteiger partial charge in [-0.3, -0.25) is 0 Å². The highest BCUT2D eigenvalue weighted by atomic mass is 16.5. The predicted octanol–water partition coefficient (Wildman–Crippen LogP) is 18.0. The van der Waals surface area contributed by atoms with Gasteiger partial charge in [0.2, 0.25) is 0 Å². The first-order valence-electron chi connectivity index (χ1n) is 27.6. The minimum atomic E-state index is 0.0511. The molecule has 2 aromatic heterocycles. The molecule has 0 spiro atoms. The highest BCUT2D eigenvalue weighted by molar-refractivity contribution is 5.56. The van der Waals surface area contributed by atoms with Crippen LogP contribution in [0.5, 0.6) is 0 Å². The molecule has 65 heavy (non-hydrogen) atoms. The third-order valence-electron chi connectivity index (χ3n) is 15.4. The lowest BCUT2D eigenvalue weighted by atomic mass is 9.74. The Balaban J connectivity index is 1.22. The van der Waals surface area contributed by atoms with Gasteiger partial charge in [-0.2, -0.15) is 0 Å². The van der Waals surface area contributed by atoms with E-state index in [9.17, 15) is 0 Å². The van der Waals surface area contributed by atoms with Gasteiger partial charge >= 0.3 is 0 Å². The van der Waals surface area contributed by atoms with Gasteiger partial charge in [0.25, 0.3) is 0 Å². The molecule has 2 aliphatic rings. The number of rotatable bonds is 30. The van der Waals surface area contributed by atoms with Gasteiger partial charge in [-0.05, 0) is 97.3 Å². The summed E-state index contributed by atoms with van der Waals surface area (Å²) in [5.74, 6) is 4.38. The summed E-state index contributed by atoms with van der Waals surface area (Å²) in [4.78, 5) is 19.4. The van der Waals surface area contributed by atoms with Gasteiger partial charge in [0, 0.05) is 35.9 Å². The minimum absolute atomic E-state index is 0.0511. The standard InChI is InChI=1S/C60H90N4O/c1-5-9-13-17-21-23-47-27-31-51(32-28-47)57(53-35-39-55(40-36-53)59-61-43-49(44-62-59)25-19-15-11-7-3)65-58(52-33-29-48(30-34-52)24-22-18-14-10-6-2)54-37-41-56(42-38-54)60-63-45-50(46-64-60)26-20-16-12-8-4/h35-48,51-52,57-58H,5-34H2,1-4H3. The molecule has 0 bridgehead atoms. The molecule has 2 atom stereocenters. The Bertz CT molecular complexity index is 1670. The fraction of sp³-hybridized carbons (Fsp3) is 0.667. The second kappa shape index (κ2) is 29.3. The Hall–Kier alpha value is -3.44. The van der Waals surface area contributed by atoms with Crippen molar-refractivity contribution in [2.45, 2.75) is 233 Å². The van der Waals surface area contributed by atoms with E-state index in [1.807, 2.05) is 24.8 Å². The zero-order valence-electron chi connectivity index (χ0n) is 41.8. The van der Waals surface area contributed by atoms with Crippen LogP contribution >= 0.6 is 0 Å². The number of hydrogen-bond acceptors (Lipinski definition) is 5. The monoisotopic (exact) mass is 883 g/mol. The van der Waals surface area contributed by atoms with E-state index >= 15 is 0 Å². The summed E-state index contributed by atoms with van der Waals surface area (Å²) < 4.78 is 7.79. The van der Waals surface area contributed by atoms with Gasteiger partial charge in [-0.15, -0.1) is 0 Å². The maximum Gasteiger partial charge on any atom is 0.159 e. The number of hydrogen-bond donors (Lipinski definition) is 0. The van der Waals surface area contributed by atoms with Crippen LogP contribution in [0.2, 0.25) is 0 Å². The van der Waals surface area contributed by atoms with E-state index < -0.39 is 0 Å². The number of unbranched alkanes of at least 4 members (excludes halogenated alkanes) is 14. The Morgan fingerprint density at radius 2 is 0.723 bits per heavy atom. The zero-order chi connectivity index (χ0) is 45.3. The SMILES string of the molecule is CCCCCCCC1CCC(C(OC(c2ccc(-c3ncc(CCCCCC)cn3)cc2)C2CCC(CCCCCCC)CC2)c2ccc(-c3ncc(CCCCCC)cn3)cc2)CC1. The van der Waals surface area contributed by atoms with E-state index in [0.29, 0.717) is 11.8 Å². The molecular formula is C60H90N4O. The molecule has 4 aromatic rings. The summed E-state index contributed by atoms with van der Waals surface area (Å²) in [5.41, 5.74) is 7.28. The second-order valence-corrected chi connectivity index (χ2v) is 20.6. The van der Waals surface area contributed by atoms with Crippen LogP contribution in [0.1, 0.15) is 242 Å². The summed E-state index contributed by atoms with van der Waals surface area (Å²) in [6.45, 7) is 9.18. The second-order valence-electron chi connectivity index (χ2n) is 20.6. The lowest BCUT2D eigenvalue weighted by Gasteiger charge is -2.40. The molecule has 0 radical (unpaired) electrons.